The van der Waals surface area contributed by atoms with Gasteiger partial charge in [-0.05, 0) is 90.8 Å². The average molecular weight is 756 g/mol. The predicted molar refractivity (Wildman–Crippen MR) is 213 cm³/mol. The number of alkyl carbamates (subject to hydrolysis) is 1. The van der Waals surface area contributed by atoms with Gasteiger partial charge in [0.2, 0.25) is 11.8 Å². The molecule has 1 saturated heterocycles. The number of allylic oxidation sites excluding steroid dienone is 1. The van der Waals surface area contributed by atoms with Crippen LogP contribution in [0.4, 0.5) is 4.79 Å². The van der Waals surface area contributed by atoms with Crippen LogP contribution in [0, 0.1) is 23.7 Å². The molecule has 3 N–H and O–H groups in total. The number of aliphatic imine (C=N–C) groups is 1. The summed E-state index contributed by atoms with van der Waals surface area (Å²) in [5.41, 5.74) is 8.43. The first-order valence-corrected chi connectivity index (χ1v) is 19.7. The summed E-state index contributed by atoms with van der Waals surface area (Å²) in [5, 5.41) is 5.81. The molecule has 0 radical (unpaired) electrons. The maximum absolute atomic E-state index is 13.6. The fraction of sp³-hybridized carbons (Fsp3) is 0.409. The quantitative estimate of drug-likeness (QED) is 0.145. The lowest BCUT2D eigenvalue weighted by Gasteiger charge is -2.30. The number of imidazole rings is 1. The van der Waals surface area contributed by atoms with E-state index in [2.05, 4.69) is 74.1 Å². The van der Waals surface area contributed by atoms with Gasteiger partial charge in [0.1, 0.15) is 11.9 Å². The van der Waals surface area contributed by atoms with E-state index in [1.165, 1.54) is 26.2 Å². The summed E-state index contributed by atoms with van der Waals surface area (Å²) in [4.78, 5) is 58.4. The molecule has 2 saturated carbocycles. The van der Waals surface area contributed by atoms with Crippen LogP contribution in [-0.2, 0) is 25.6 Å². The number of aromatic amines is 1. The first kappa shape index (κ1) is 37.3. The number of amides is 3. The minimum Gasteiger partial charge on any atom is -0.453 e. The molecule has 290 valence electrons. The van der Waals surface area contributed by atoms with Gasteiger partial charge >= 0.3 is 6.09 Å². The van der Waals surface area contributed by atoms with Gasteiger partial charge in [0.15, 0.2) is 0 Å². The molecule has 12 heteroatoms. The van der Waals surface area contributed by atoms with Gasteiger partial charge in [0.05, 0.1) is 43.4 Å². The Balaban J connectivity index is 0.889. The number of H-pyrrole nitrogens is 1. The van der Waals surface area contributed by atoms with Crippen LogP contribution in [0.15, 0.2) is 90.3 Å². The number of methoxy groups -OCH3 is 2. The Bertz CT molecular complexity index is 2110. The molecule has 3 fully saturated rings. The lowest BCUT2D eigenvalue weighted by molar-refractivity contribution is -0.137. The van der Waals surface area contributed by atoms with E-state index in [-0.39, 0.29) is 29.7 Å². The fourth-order valence-corrected chi connectivity index (χ4v) is 9.34. The Labute approximate surface area is 327 Å². The molecular weight excluding hydrogens is 707 g/mol. The van der Waals surface area contributed by atoms with Crippen molar-refractivity contribution in [3.8, 4) is 22.4 Å². The number of ether oxygens (including phenoxy) is 2. The van der Waals surface area contributed by atoms with Gasteiger partial charge in [-0.25, -0.2) is 9.78 Å². The van der Waals surface area contributed by atoms with Crippen molar-refractivity contribution in [3.63, 3.8) is 0 Å². The molecule has 8 rings (SSSR count). The lowest BCUT2D eigenvalue weighted by atomic mass is 9.75. The van der Waals surface area contributed by atoms with Gasteiger partial charge in [-0.3, -0.25) is 19.6 Å². The topological polar surface area (TPSA) is 151 Å². The van der Waals surface area contributed by atoms with Crippen molar-refractivity contribution >= 4 is 29.2 Å². The number of nitrogens with zero attached hydrogens (tertiary/aromatic N) is 4. The third-order valence-corrected chi connectivity index (χ3v) is 12.3. The molecule has 0 spiro atoms. The number of likely N-dealkylation sites (tertiary alicyclic amines) is 1. The number of nitrogens with one attached hydrogen (secondary N) is 3. The van der Waals surface area contributed by atoms with Crippen molar-refractivity contribution in [2.75, 3.05) is 20.8 Å². The summed E-state index contributed by atoms with van der Waals surface area (Å²) in [6, 6.07) is 21.7. The molecule has 2 aromatic carbocycles. The fourth-order valence-electron chi connectivity index (χ4n) is 9.34. The normalized spacial score (nSPS) is 23.7. The maximum Gasteiger partial charge on any atom is 0.407 e. The van der Waals surface area contributed by atoms with Gasteiger partial charge in [0, 0.05) is 50.0 Å². The van der Waals surface area contributed by atoms with Crippen LogP contribution in [0.1, 0.15) is 68.6 Å². The van der Waals surface area contributed by atoms with Gasteiger partial charge in [-0.1, -0.05) is 54.6 Å². The zero-order valence-corrected chi connectivity index (χ0v) is 32.1. The van der Waals surface area contributed by atoms with Crippen LogP contribution in [0.3, 0.4) is 0 Å². The van der Waals surface area contributed by atoms with Crippen LogP contribution in [-0.4, -0.2) is 76.4 Å². The Morgan fingerprint density at radius 2 is 1.64 bits per heavy atom. The zero-order chi connectivity index (χ0) is 38.8. The Morgan fingerprint density at radius 1 is 0.911 bits per heavy atom. The molecule has 2 aliphatic carbocycles. The minimum atomic E-state index is -0.881. The zero-order valence-electron chi connectivity index (χ0n) is 32.1. The number of rotatable bonds is 12. The number of hydrogen-bond acceptors (Lipinski definition) is 8. The van der Waals surface area contributed by atoms with Gasteiger partial charge in [-0.15, -0.1) is 0 Å². The highest BCUT2D eigenvalue weighted by atomic mass is 16.5. The number of pyridine rings is 1. The first-order valence-electron chi connectivity index (χ1n) is 19.7. The van der Waals surface area contributed by atoms with Crippen molar-refractivity contribution in [1.29, 1.82) is 0 Å². The molecule has 4 aliphatic rings. The van der Waals surface area contributed by atoms with E-state index >= 15 is 0 Å². The number of hydrogen-bond donors (Lipinski definition) is 3. The van der Waals surface area contributed by atoms with Crippen LogP contribution < -0.4 is 10.6 Å². The largest absolute Gasteiger partial charge is 0.453 e. The molecule has 3 amide bonds. The summed E-state index contributed by atoms with van der Waals surface area (Å²) < 4.78 is 10.2. The van der Waals surface area contributed by atoms with E-state index in [0.717, 1.165) is 71.5 Å². The summed E-state index contributed by atoms with van der Waals surface area (Å²) in [7, 11) is 2.78. The molecule has 7 atom stereocenters. The number of carbonyl (C=O) groups is 3. The van der Waals surface area contributed by atoms with Crippen molar-refractivity contribution in [2.45, 2.75) is 70.2 Å². The third-order valence-electron chi connectivity index (χ3n) is 12.3. The average Bonchev–Trinajstić information content (AvgIpc) is 4.10. The number of fused-ring (bicyclic) bond motifs is 2. The van der Waals surface area contributed by atoms with Gasteiger partial charge < -0.3 is 30.0 Å². The first-order chi connectivity index (χ1) is 27.3. The van der Waals surface area contributed by atoms with Crippen molar-refractivity contribution in [2.24, 2.45) is 28.7 Å². The SMILES string of the molecule is COC(=O)N[C@H](C(=O)N1CCC[C@H]1c1ncc(-c2ccc(-c3ccc(C4=CN=C(C5C6CCC(C6)[C@H]5C(=O)NCc5ccccn5)C4)cc3)cc2)[nH]1)[C@@H](C)OC. The van der Waals surface area contributed by atoms with E-state index in [1.54, 1.807) is 24.2 Å². The summed E-state index contributed by atoms with van der Waals surface area (Å²) >= 11 is 0. The van der Waals surface area contributed by atoms with E-state index < -0.39 is 18.2 Å². The van der Waals surface area contributed by atoms with Gasteiger partial charge in [-0.2, -0.15) is 0 Å². The van der Waals surface area contributed by atoms with Crippen LogP contribution in [0.25, 0.3) is 28.0 Å². The molecule has 3 unspecified atom stereocenters. The van der Waals surface area contributed by atoms with E-state index in [9.17, 15) is 14.4 Å². The molecule has 2 bridgehead atoms. The van der Waals surface area contributed by atoms with Crippen LogP contribution >= 0.6 is 0 Å². The molecular formula is C44H49N7O5. The van der Waals surface area contributed by atoms with Crippen molar-refractivity contribution in [3.05, 3.63) is 102 Å². The van der Waals surface area contributed by atoms with E-state index in [4.69, 9.17) is 14.5 Å². The number of aromatic nitrogens is 3. The van der Waals surface area contributed by atoms with Crippen molar-refractivity contribution < 1.29 is 23.9 Å². The molecule has 12 nitrogen and oxygen atoms in total. The Kier molecular flexibility index (Phi) is 10.8. The van der Waals surface area contributed by atoms with E-state index in [0.29, 0.717) is 30.7 Å². The van der Waals surface area contributed by atoms with E-state index in [1.807, 2.05) is 24.4 Å². The highest BCUT2D eigenvalue weighted by Crippen LogP contribution is 2.54. The number of benzene rings is 2. The highest BCUT2D eigenvalue weighted by molar-refractivity contribution is 6.02. The minimum absolute atomic E-state index is 0.0242. The van der Waals surface area contributed by atoms with Crippen molar-refractivity contribution in [1.82, 2.24) is 30.5 Å². The Morgan fingerprint density at radius 3 is 2.36 bits per heavy atom. The standard InChI is InChI=1S/C44H49N7O5/c1-26(55-2)40(50-44(54)56-3)43(53)51-20-6-8-37(51)41-47-25-36(49-41)30-15-13-28(14-16-30)27-9-11-29(12-10-27)33-22-35(46-23-33)38-31-17-18-32(21-31)39(38)42(52)48-24-34-7-4-5-19-45-34/h4-5,7,9-16,19,23,25-26,31-32,37-40H,6,8,17-18,20-22,24H2,1-3H3,(H,47,49)(H,48,52)(H,50,54)/t26-,31?,32?,37+,38?,39-,40+/m1/s1. The maximum atomic E-state index is 13.6. The number of carbonyl (C=O) groups excluding carboxylic acids is 3. The monoisotopic (exact) mass is 755 g/mol. The highest BCUT2D eigenvalue weighted by Gasteiger charge is 2.52. The lowest BCUT2D eigenvalue weighted by Crippen LogP contribution is -2.54. The van der Waals surface area contributed by atoms with Gasteiger partial charge in [0.25, 0.3) is 0 Å². The third kappa shape index (κ3) is 7.49. The summed E-state index contributed by atoms with van der Waals surface area (Å²) in [6.07, 6.45) is 10.1. The van der Waals surface area contributed by atoms with Crippen LogP contribution in [0.5, 0.6) is 0 Å². The Hall–Kier alpha value is -5.62. The molecule has 2 aromatic heterocycles. The second-order valence-corrected chi connectivity index (χ2v) is 15.5. The summed E-state index contributed by atoms with van der Waals surface area (Å²) in [6.45, 7) is 2.76. The molecule has 4 aromatic rings. The second-order valence-electron chi connectivity index (χ2n) is 15.5. The smallest absolute Gasteiger partial charge is 0.407 e. The second kappa shape index (κ2) is 16.2. The molecule has 2 aliphatic heterocycles. The molecule has 56 heavy (non-hydrogen) atoms. The summed E-state index contributed by atoms with van der Waals surface area (Å²) in [5.74, 6) is 1.74. The molecule has 4 heterocycles. The van der Waals surface area contributed by atoms with Crippen LogP contribution in [0.2, 0.25) is 0 Å². The predicted octanol–water partition coefficient (Wildman–Crippen LogP) is 6.73.